The fourth-order valence-electron chi connectivity index (χ4n) is 2.09. The molecule has 0 unspecified atom stereocenters. The lowest BCUT2D eigenvalue weighted by molar-refractivity contribution is -0.120. The second kappa shape index (κ2) is 8.95. The van der Waals surface area contributed by atoms with Crippen molar-refractivity contribution in [2.24, 2.45) is 5.10 Å². The highest BCUT2D eigenvalue weighted by atomic mass is 32.1. The summed E-state index contributed by atoms with van der Waals surface area (Å²) in [5.41, 5.74) is 10.8. The molecule has 0 radical (unpaired) electrons. The molecule has 2 rings (SSSR count). The summed E-state index contributed by atoms with van der Waals surface area (Å²) in [7, 11) is 3.90. The third-order valence-corrected chi connectivity index (χ3v) is 4.09. The van der Waals surface area contributed by atoms with Crippen molar-refractivity contribution in [2.45, 2.75) is 19.8 Å². The van der Waals surface area contributed by atoms with Gasteiger partial charge in [-0.3, -0.25) is 9.59 Å². The number of nitrogens with one attached hydrogen (secondary N) is 2. The average molecular weight is 374 g/mol. The van der Waals surface area contributed by atoms with Gasteiger partial charge < -0.3 is 16.0 Å². The molecule has 1 aromatic heterocycles. The van der Waals surface area contributed by atoms with E-state index in [2.05, 4.69) is 20.8 Å². The number of benzene rings is 1. The minimum absolute atomic E-state index is 0.0827. The number of hydrogen-bond acceptors (Lipinski definition) is 7. The van der Waals surface area contributed by atoms with Crippen molar-refractivity contribution in [1.82, 2.24) is 10.4 Å². The molecule has 9 heteroatoms. The van der Waals surface area contributed by atoms with Crippen LogP contribution in [-0.2, 0) is 16.0 Å². The molecule has 0 atom stereocenters. The Morgan fingerprint density at radius 3 is 2.50 bits per heavy atom. The third kappa shape index (κ3) is 6.17. The van der Waals surface area contributed by atoms with Gasteiger partial charge in [-0.25, -0.2) is 10.4 Å². The molecule has 2 amide bonds. The second-order valence-electron chi connectivity index (χ2n) is 5.90. The first kappa shape index (κ1) is 19.4. The largest absolute Gasteiger partial charge is 0.378 e. The summed E-state index contributed by atoms with van der Waals surface area (Å²) in [5.74, 6) is -0.514. The normalized spacial score (nSPS) is 11.1. The Balaban J connectivity index is 1.80. The maximum absolute atomic E-state index is 12.0. The highest BCUT2D eigenvalue weighted by molar-refractivity contribution is 7.13. The standard InChI is InChI=1S/C17H22N6O2S/c1-11(21-22-16(25)9-13-10-26-17(18)20-13)8-15(24)19-12-4-6-14(7-5-12)23(2)3/h4-7,10H,8-9H2,1-3H3,(H2,18,20)(H,19,24)(H,22,25)/b21-11-. The summed E-state index contributed by atoms with van der Waals surface area (Å²) in [6.45, 7) is 1.68. The molecule has 4 N–H and O–H groups in total. The number of nitrogens with two attached hydrogens (primary N) is 1. The van der Waals surface area contributed by atoms with Crippen molar-refractivity contribution in [1.29, 1.82) is 0 Å². The molecule has 0 spiro atoms. The van der Waals surface area contributed by atoms with E-state index in [-0.39, 0.29) is 24.7 Å². The van der Waals surface area contributed by atoms with E-state index in [4.69, 9.17) is 5.73 Å². The summed E-state index contributed by atoms with van der Waals surface area (Å²) in [6, 6.07) is 7.51. The zero-order chi connectivity index (χ0) is 19.1. The molecule has 0 bridgehead atoms. The van der Waals surface area contributed by atoms with Crippen molar-refractivity contribution < 1.29 is 9.59 Å². The zero-order valence-corrected chi connectivity index (χ0v) is 15.8. The van der Waals surface area contributed by atoms with Crippen LogP contribution in [0, 0.1) is 0 Å². The molecular weight excluding hydrogens is 352 g/mol. The van der Waals surface area contributed by atoms with Gasteiger partial charge in [-0.15, -0.1) is 11.3 Å². The highest BCUT2D eigenvalue weighted by Crippen LogP contribution is 2.15. The molecule has 1 heterocycles. The van der Waals surface area contributed by atoms with Gasteiger partial charge in [-0.05, 0) is 31.2 Å². The Bertz CT molecular complexity index is 798. The Hall–Kier alpha value is -2.94. The van der Waals surface area contributed by atoms with Gasteiger partial charge in [0, 0.05) is 36.6 Å². The van der Waals surface area contributed by atoms with Gasteiger partial charge in [0.25, 0.3) is 0 Å². The number of nitrogen functional groups attached to an aromatic ring is 1. The van der Waals surface area contributed by atoms with E-state index in [1.807, 2.05) is 43.3 Å². The van der Waals surface area contributed by atoms with Crippen LogP contribution in [-0.4, -0.2) is 36.6 Å². The van der Waals surface area contributed by atoms with Crippen LogP contribution in [0.25, 0.3) is 0 Å². The predicted molar refractivity (Wildman–Crippen MR) is 105 cm³/mol. The molecule has 0 fully saturated rings. The van der Waals surface area contributed by atoms with Crippen molar-refractivity contribution >= 4 is 45.4 Å². The lowest BCUT2D eigenvalue weighted by Crippen LogP contribution is -2.23. The van der Waals surface area contributed by atoms with Crippen LogP contribution in [0.5, 0.6) is 0 Å². The van der Waals surface area contributed by atoms with Crippen LogP contribution in [0.3, 0.4) is 0 Å². The van der Waals surface area contributed by atoms with E-state index in [9.17, 15) is 9.59 Å². The van der Waals surface area contributed by atoms with Gasteiger partial charge in [0.1, 0.15) is 0 Å². The summed E-state index contributed by atoms with van der Waals surface area (Å²) in [6.07, 6.45) is 0.175. The molecule has 1 aromatic carbocycles. The number of carbonyl (C=O) groups is 2. The number of aromatic nitrogens is 1. The number of carbonyl (C=O) groups excluding carboxylic acids is 2. The smallest absolute Gasteiger partial charge is 0.246 e. The fourth-order valence-corrected chi connectivity index (χ4v) is 2.65. The molecular formula is C17H22N6O2S. The number of anilines is 3. The third-order valence-electron chi connectivity index (χ3n) is 3.37. The topological polar surface area (TPSA) is 113 Å². The monoisotopic (exact) mass is 374 g/mol. The van der Waals surface area contributed by atoms with E-state index in [0.717, 1.165) is 5.69 Å². The van der Waals surface area contributed by atoms with Gasteiger partial charge in [-0.1, -0.05) is 0 Å². The molecule has 8 nitrogen and oxygen atoms in total. The van der Waals surface area contributed by atoms with E-state index in [0.29, 0.717) is 22.2 Å². The number of amides is 2. The molecule has 0 saturated carbocycles. The quantitative estimate of drug-likeness (QED) is 0.506. The number of hydrogen-bond donors (Lipinski definition) is 3. The maximum atomic E-state index is 12.0. The van der Waals surface area contributed by atoms with Crippen LogP contribution in [0.1, 0.15) is 19.0 Å². The van der Waals surface area contributed by atoms with Crippen molar-refractivity contribution in [3.63, 3.8) is 0 Å². The number of thiazole rings is 1. The first-order chi connectivity index (χ1) is 12.3. The minimum Gasteiger partial charge on any atom is -0.378 e. The van der Waals surface area contributed by atoms with Gasteiger partial charge in [0.05, 0.1) is 18.5 Å². The molecule has 0 aliphatic rings. The maximum Gasteiger partial charge on any atom is 0.246 e. The van der Waals surface area contributed by atoms with Gasteiger partial charge in [0.15, 0.2) is 5.13 Å². The van der Waals surface area contributed by atoms with E-state index in [1.54, 1.807) is 12.3 Å². The molecule has 0 saturated heterocycles. The molecule has 26 heavy (non-hydrogen) atoms. The lowest BCUT2D eigenvalue weighted by atomic mass is 10.2. The summed E-state index contributed by atoms with van der Waals surface area (Å²) >= 11 is 1.28. The van der Waals surface area contributed by atoms with Gasteiger partial charge in [-0.2, -0.15) is 5.10 Å². The predicted octanol–water partition coefficient (Wildman–Crippen LogP) is 1.85. The SMILES string of the molecule is C/C(CC(=O)Nc1ccc(N(C)C)cc1)=N/NC(=O)Cc1csc(N)n1. The average Bonchev–Trinajstić information content (AvgIpc) is 2.98. The van der Waals surface area contributed by atoms with Crippen molar-refractivity contribution in [3.05, 3.63) is 35.3 Å². The van der Waals surface area contributed by atoms with E-state index >= 15 is 0 Å². The first-order valence-electron chi connectivity index (χ1n) is 7.92. The van der Waals surface area contributed by atoms with Gasteiger partial charge in [0.2, 0.25) is 11.8 Å². The second-order valence-corrected chi connectivity index (χ2v) is 6.79. The zero-order valence-electron chi connectivity index (χ0n) is 14.9. The Morgan fingerprint density at radius 2 is 1.92 bits per heavy atom. The summed E-state index contributed by atoms with van der Waals surface area (Å²) in [4.78, 5) is 29.8. The van der Waals surface area contributed by atoms with Crippen LogP contribution in [0.4, 0.5) is 16.5 Å². The Labute approximate surface area is 156 Å². The summed E-state index contributed by atoms with van der Waals surface area (Å²) < 4.78 is 0. The molecule has 2 aromatic rings. The van der Waals surface area contributed by atoms with Crippen LogP contribution in [0.15, 0.2) is 34.7 Å². The van der Waals surface area contributed by atoms with Crippen LogP contribution < -0.4 is 21.4 Å². The molecule has 0 aliphatic carbocycles. The Morgan fingerprint density at radius 1 is 1.23 bits per heavy atom. The van der Waals surface area contributed by atoms with Crippen molar-refractivity contribution in [3.8, 4) is 0 Å². The van der Waals surface area contributed by atoms with E-state index < -0.39 is 0 Å². The van der Waals surface area contributed by atoms with Crippen molar-refractivity contribution in [2.75, 3.05) is 30.0 Å². The highest BCUT2D eigenvalue weighted by Gasteiger charge is 2.08. The summed E-state index contributed by atoms with van der Waals surface area (Å²) in [5, 5.41) is 8.88. The Kier molecular flexibility index (Phi) is 6.67. The lowest BCUT2D eigenvalue weighted by Gasteiger charge is -2.13. The molecule has 0 aliphatic heterocycles. The number of nitrogens with zero attached hydrogens (tertiary/aromatic N) is 3. The van der Waals surface area contributed by atoms with E-state index in [1.165, 1.54) is 11.3 Å². The first-order valence-corrected chi connectivity index (χ1v) is 8.80. The van der Waals surface area contributed by atoms with Gasteiger partial charge >= 0.3 is 0 Å². The van der Waals surface area contributed by atoms with Crippen LogP contribution >= 0.6 is 11.3 Å². The number of hydrazone groups is 1. The fraction of sp³-hybridized carbons (Fsp3) is 0.294. The minimum atomic E-state index is -0.311. The molecule has 138 valence electrons. The number of rotatable bonds is 7. The van der Waals surface area contributed by atoms with Crippen LogP contribution in [0.2, 0.25) is 0 Å².